The summed E-state index contributed by atoms with van der Waals surface area (Å²) in [5.41, 5.74) is 5.53. The van der Waals surface area contributed by atoms with Crippen molar-refractivity contribution in [2.24, 2.45) is 0 Å². The van der Waals surface area contributed by atoms with Crippen LogP contribution in [0.15, 0.2) is 97.1 Å². The van der Waals surface area contributed by atoms with Crippen LogP contribution in [0.3, 0.4) is 0 Å². The van der Waals surface area contributed by atoms with E-state index in [-0.39, 0.29) is 21.1 Å². The fraction of sp³-hybridized carbons (Fsp3) is 0.333. The van der Waals surface area contributed by atoms with Crippen LogP contribution in [0.5, 0.6) is 0 Å². The summed E-state index contributed by atoms with van der Waals surface area (Å²) >= 11 is 0. The Kier molecular flexibility index (Phi) is 19.3. The van der Waals surface area contributed by atoms with Gasteiger partial charge in [0.15, 0.2) is 0 Å². The molecule has 0 radical (unpaired) electrons. The summed E-state index contributed by atoms with van der Waals surface area (Å²) in [7, 11) is 0. The number of benzene rings is 4. The van der Waals surface area contributed by atoms with Crippen molar-refractivity contribution in [2.45, 2.75) is 79.1 Å². The van der Waals surface area contributed by atoms with Crippen LogP contribution in [-0.4, -0.2) is 0 Å². The number of hydrogen-bond acceptors (Lipinski definition) is 0. The second-order valence-electron chi connectivity index (χ2n) is 9.95. The van der Waals surface area contributed by atoms with Gasteiger partial charge < -0.3 is 0 Å². The molecule has 198 valence electrons. The van der Waals surface area contributed by atoms with Crippen LogP contribution < -0.4 is 0 Å². The molecule has 0 atom stereocenters. The molecule has 0 saturated carbocycles. The van der Waals surface area contributed by atoms with E-state index >= 15 is 0 Å². The smallest absolute Gasteiger partial charge is 0 e. The molecule has 0 fully saturated rings. The van der Waals surface area contributed by atoms with Crippen LogP contribution >= 0.6 is 0 Å². The molecule has 4 aromatic carbocycles. The van der Waals surface area contributed by atoms with Gasteiger partial charge in [-0.05, 0) is 23.7 Å². The van der Waals surface area contributed by atoms with Gasteiger partial charge in [-0.3, -0.25) is 0 Å². The van der Waals surface area contributed by atoms with Gasteiger partial charge in [-0.15, -0.1) is 0 Å². The first kappa shape index (κ1) is 34.6. The molecule has 1 heteroatoms. The maximum absolute atomic E-state index is 2.99. The first-order chi connectivity index (χ1) is 17.2. The fourth-order valence-electron chi connectivity index (χ4n) is 3.14. The summed E-state index contributed by atoms with van der Waals surface area (Å²) < 4.78 is 0. The van der Waals surface area contributed by atoms with Crippen molar-refractivity contribution < 1.29 is 21.1 Å². The number of hydrogen-bond donors (Lipinski definition) is 0. The quantitative estimate of drug-likeness (QED) is 0.191. The molecule has 4 aromatic rings. The fourth-order valence-corrected chi connectivity index (χ4v) is 3.14. The van der Waals surface area contributed by atoms with E-state index in [1.807, 2.05) is 48.5 Å². The van der Waals surface area contributed by atoms with Gasteiger partial charge in [0.1, 0.15) is 0 Å². The molecule has 0 spiro atoms. The Bertz CT molecular complexity index is 831. The van der Waals surface area contributed by atoms with E-state index in [0.29, 0.717) is 23.7 Å². The summed E-state index contributed by atoms with van der Waals surface area (Å²) in [5.74, 6) is 2.55. The SMILES string of the molecule is CC(C)c1cc[c-]cc1.CC(C)c1cc[c-]cc1.CC(C)c1cc[c-]cc1.CC(C)c1cc[c-]cc1.[W]. The van der Waals surface area contributed by atoms with E-state index in [1.165, 1.54) is 22.3 Å². The maximum atomic E-state index is 2.99. The summed E-state index contributed by atoms with van der Waals surface area (Å²) in [4.78, 5) is 0. The summed E-state index contributed by atoms with van der Waals surface area (Å²) in [5, 5.41) is 0. The largest absolute Gasteiger partial charge is 0.184 e. The molecule has 37 heavy (non-hydrogen) atoms. The van der Waals surface area contributed by atoms with Crippen LogP contribution in [-0.2, 0) is 21.1 Å². The Balaban J connectivity index is 0.000000463. The molecule has 0 saturated heterocycles. The molecule has 0 unspecified atom stereocenters. The Morgan fingerprint density at radius 3 is 0.541 bits per heavy atom. The van der Waals surface area contributed by atoms with Gasteiger partial charge in [0.05, 0.1) is 0 Å². The van der Waals surface area contributed by atoms with Crippen LogP contribution in [0, 0.1) is 24.3 Å². The van der Waals surface area contributed by atoms with Gasteiger partial charge in [0.2, 0.25) is 0 Å². The van der Waals surface area contributed by atoms with Crippen LogP contribution in [0.1, 0.15) is 101 Å². The van der Waals surface area contributed by atoms with Crippen molar-refractivity contribution in [2.75, 3.05) is 0 Å². The molecule has 0 aromatic heterocycles. The zero-order valence-electron chi connectivity index (χ0n) is 24.0. The zero-order valence-corrected chi connectivity index (χ0v) is 26.9. The molecular formula is C36H44W-4. The summed E-state index contributed by atoms with van der Waals surface area (Å²) in [6, 6.07) is 44.4. The molecule has 0 heterocycles. The molecule has 0 nitrogen and oxygen atoms in total. The Hall–Kier alpha value is -2.43. The first-order valence-electron chi connectivity index (χ1n) is 13.1. The van der Waals surface area contributed by atoms with Gasteiger partial charge in [-0.1, -0.05) is 55.4 Å². The van der Waals surface area contributed by atoms with Gasteiger partial charge in [-0.2, -0.15) is 144 Å². The van der Waals surface area contributed by atoms with Crippen molar-refractivity contribution in [3.8, 4) is 0 Å². The average Bonchev–Trinajstić information content (AvgIpc) is 2.92. The molecular weight excluding hydrogens is 616 g/mol. The predicted molar refractivity (Wildman–Crippen MR) is 157 cm³/mol. The third-order valence-electron chi connectivity index (χ3n) is 5.64. The minimum Gasteiger partial charge on any atom is -0.184 e. The van der Waals surface area contributed by atoms with Gasteiger partial charge in [0, 0.05) is 21.1 Å². The number of rotatable bonds is 4. The van der Waals surface area contributed by atoms with E-state index in [2.05, 4.69) is 128 Å². The van der Waals surface area contributed by atoms with Crippen molar-refractivity contribution in [1.29, 1.82) is 0 Å². The molecule has 0 aliphatic rings. The minimum atomic E-state index is 0. The molecule has 0 aliphatic carbocycles. The molecule has 0 bridgehead atoms. The molecule has 4 rings (SSSR count). The van der Waals surface area contributed by atoms with E-state index in [0.717, 1.165) is 0 Å². The third-order valence-corrected chi connectivity index (χ3v) is 5.64. The van der Waals surface area contributed by atoms with E-state index in [9.17, 15) is 0 Å². The third kappa shape index (κ3) is 16.1. The second-order valence-corrected chi connectivity index (χ2v) is 9.95. The van der Waals surface area contributed by atoms with Gasteiger partial charge in [-0.25, -0.2) is 0 Å². The average molecular weight is 661 g/mol. The molecule has 0 N–H and O–H groups in total. The Labute approximate surface area is 242 Å². The normalized spacial score (nSPS) is 9.84. The Morgan fingerprint density at radius 2 is 0.459 bits per heavy atom. The molecule has 0 amide bonds. The standard InChI is InChI=1S/4C9H11.W/c4*1-8(2)9-6-4-3-5-7-9;/h4*4-8H,1-2H3;/q4*-1;. The van der Waals surface area contributed by atoms with E-state index < -0.39 is 0 Å². The van der Waals surface area contributed by atoms with Crippen molar-refractivity contribution in [3.05, 3.63) is 144 Å². The minimum absolute atomic E-state index is 0. The van der Waals surface area contributed by atoms with Crippen LogP contribution in [0.25, 0.3) is 0 Å². The maximum Gasteiger partial charge on any atom is 0 e. The molecule has 0 aliphatic heterocycles. The first-order valence-corrected chi connectivity index (χ1v) is 13.1. The van der Waals surface area contributed by atoms with E-state index in [4.69, 9.17) is 0 Å². The Morgan fingerprint density at radius 1 is 0.324 bits per heavy atom. The summed E-state index contributed by atoms with van der Waals surface area (Å²) in [6.45, 7) is 17.5. The van der Waals surface area contributed by atoms with Crippen molar-refractivity contribution in [1.82, 2.24) is 0 Å². The van der Waals surface area contributed by atoms with Gasteiger partial charge >= 0.3 is 0 Å². The van der Waals surface area contributed by atoms with Crippen molar-refractivity contribution >= 4 is 0 Å². The van der Waals surface area contributed by atoms with Gasteiger partial charge in [0.25, 0.3) is 0 Å². The van der Waals surface area contributed by atoms with Crippen molar-refractivity contribution in [3.63, 3.8) is 0 Å². The van der Waals surface area contributed by atoms with Crippen LogP contribution in [0.2, 0.25) is 0 Å². The monoisotopic (exact) mass is 660 g/mol. The topological polar surface area (TPSA) is 0 Å². The summed E-state index contributed by atoms with van der Waals surface area (Å²) in [6.07, 6.45) is 0. The van der Waals surface area contributed by atoms with Crippen LogP contribution in [0.4, 0.5) is 0 Å². The van der Waals surface area contributed by atoms with E-state index in [1.54, 1.807) is 0 Å². The predicted octanol–water partition coefficient (Wildman–Crippen LogP) is 10.4. The zero-order chi connectivity index (χ0) is 26.8. The second kappa shape index (κ2) is 20.6.